The number of hydrogen-bond donors (Lipinski definition) is 2. The summed E-state index contributed by atoms with van der Waals surface area (Å²) in [6.45, 7) is 2.06. The zero-order chi connectivity index (χ0) is 18.2. The number of amides is 1. The maximum absolute atomic E-state index is 12.5. The number of carbonyl (C=O) groups excluding carboxylic acids is 1. The van der Waals surface area contributed by atoms with Gasteiger partial charge < -0.3 is 10.4 Å². The molecule has 1 unspecified atom stereocenters. The van der Waals surface area contributed by atoms with E-state index < -0.39 is 11.9 Å². The molecule has 1 amide bonds. The monoisotopic (exact) mass is 377 g/mol. The third kappa shape index (κ3) is 5.80. The molecule has 0 spiro atoms. The Hall–Kier alpha value is -1.98. The minimum Gasteiger partial charge on any atom is -0.481 e. The van der Waals surface area contributed by atoms with Gasteiger partial charge in [-0.1, -0.05) is 48.9 Å². The van der Waals surface area contributed by atoms with Crippen molar-refractivity contribution >= 4 is 35.2 Å². The van der Waals surface area contributed by atoms with E-state index in [1.54, 1.807) is 18.2 Å². The number of aliphatic carboxylic acids is 1. The van der Waals surface area contributed by atoms with E-state index in [9.17, 15) is 14.7 Å². The molecular weight excluding hydrogens is 358 g/mol. The quantitative estimate of drug-likeness (QED) is 0.679. The molecule has 0 aliphatic carbocycles. The molecule has 0 saturated carbocycles. The fourth-order valence-corrected chi connectivity index (χ4v) is 3.49. The molecule has 0 bridgehead atoms. The lowest BCUT2D eigenvalue weighted by molar-refractivity contribution is -0.141. The van der Waals surface area contributed by atoms with E-state index in [-0.39, 0.29) is 12.5 Å². The third-order valence-electron chi connectivity index (χ3n) is 3.67. The Morgan fingerprint density at radius 1 is 1.20 bits per heavy atom. The van der Waals surface area contributed by atoms with Crippen LogP contribution in [0, 0.1) is 5.92 Å². The SMILES string of the molecule is CCSc1cc(Cl)ccc1C(=O)NCC(Cc1ccccc1)C(=O)O. The van der Waals surface area contributed by atoms with Gasteiger partial charge in [-0.3, -0.25) is 9.59 Å². The van der Waals surface area contributed by atoms with E-state index in [4.69, 9.17) is 11.6 Å². The van der Waals surface area contributed by atoms with Crippen LogP contribution in [-0.2, 0) is 11.2 Å². The van der Waals surface area contributed by atoms with Gasteiger partial charge in [-0.25, -0.2) is 0 Å². The molecule has 25 heavy (non-hydrogen) atoms. The normalized spacial score (nSPS) is 11.8. The van der Waals surface area contributed by atoms with Crippen LogP contribution >= 0.6 is 23.4 Å². The Kier molecular flexibility index (Phi) is 7.34. The summed E-state index contributed by atoms with van der Waals surface area (Å²) in [4.78, 5) is 24.8. The van der Waals surface area contributed by atoms with Crippen LogP contribution in [-0.4, -0.2) is 29.3 Å². The fourth-order valence-electron chi connectivity index (χ4n) is 2.42. The third-order valence-corrected chi connectivity index (χ3v) is 4.84. The van der Waals surface area contributed by atoms with Crippen LogP contribution in [0.2, 0.25) is 5.02 Å². The van der Waals surface area contributed by atoms with E-state index in [1.807, 2.05) is 37.3 Å². The highest BCUT2D eigenvalue weighted by atomic mass is 35.5. The Bertz CT molecular complexity index is 737. The number of carbonyl (C=O) groups is 2. The van der Waals surface area contributed by atoms with Crippen LogP contribution < -0.4 is 5.32 Å². The van der Waals surface area contributed by atoms with Crippen LogP contribution in [0.1, 0.15) is 22.8 Å². The molecule has 2 aromatic rings. The molecule has 0 aliphatic rings. The molecule has 4 nitrogen and oxygen atoms in total. The zero-order valence-corrected chi connectivity index (χ0v) is 15.4. The summed E-state index contributed by atoms with van der Waals surface area (Å²) in [5.41, 5.74) is 1.44. The molecule has 0 saturated heterocycles. The molecule has 0 fully saturated rings. The van der Waals surface area contributed by atoms with E-state index in [1.165, 1.54) is 11.8 Å². The van der Waals surface area contributed by atoms with E-state index in [2.05, 4.69) is 5.32 Å². The lowest BCUT2D eigenvalue weighted by Gasteiger charge is -2.15. The van der Waals surface area contributed by atoms with Gasteiger partial charge in [0, 0.05) is 16.5 Å². The Morgan fingerprint density at radius 3 is 2.56 bits per heavy atom. The molecule has 1 atom stereocenters. The summed E-state index contributed by atoms with van der Waals surface area (Å²) >= 11 is 7.52. The van der Waals surface area contributed by atoms with Gasteiger partial charge in [0.25, 0.3) is 5.91 Å². The van der Waals surface area contributed by atoms with Crippen LogP contribution in [0.25, 0.3) is 0 Å². The molecule has 0 aromatic heterocycles. The van der Waals surface area contributed by atoms with Crippen molar-refractivity contribution in [3.63, 3.8) is 0 Å². The first-order valence-corrected chi connectivity index (χ1v) is 9.35. The second-order valence-electron chi connectivity index (χ2n) is 5.51. The molecule has 0 heterocycles. The maximum Gasteiger partial charge on any atom is 0.308 e. The topological polar surface area (TPSA) is 66.4 Å². The smallest absolute Gasteiger partial charge is 0.308 e. The lowest BCUT2D eigenvalue weighted by atomic mass is 9.99. The van der Waals surface area contributed by atoms with Crippen LogP contribution in [0.5, 0.6) is 0 Å². The predicted molar refractivity (Wildman–Crippen MR) is 101 cm³/mol. The molecule has 2 rings (SSSR count). The van der Waals surface area contributed by atoms with Gasteiger partial charge in [-0.2, -0.15) is 0 Å². The highest BCUT2D eigenvalue weighted by molar-refractivity contribution is 7.99. The summed E-state index contributed by atoms with van der Waals surface area (Å²) < 4.78 is 0. The van der Waals surface area contributed by atoms with E-state index in [0.29, 0.717) is 17.0 Å². The minimum atomic E-state index is -0.927. The van der Waals surface area contributed by atoms with E-state index >= 15 is 0 Å². The Balaban J connectivity index is 2.05. The van der Waals surface area contributed by atoms with Gasteiger partial charge in [0.2, 0.25) is 0 Å². The molecular formula is C19H20ClNO3S. The lowest BCUT2D eigenvalue weighted by Crippen LogP contribution is -2.34. The van der Waals surface area contributed by atoms with Gasteiger partial charge in [0.15, 0.2) is 0 Å². The molecule has 132 valence electrons. The molecule has 0 aliphatic heterocycles. The van der Waals surface area contributed by atoms with Crippen molar-refractivity contribution in [3.05, 3.63) is 64.7 Å². The van der Waals surface area contributed by atoms with Gasteiger partial charge in [0.05, 0.1) is 11.5 Å². The van der Waals surface area contributed by atoms with Crippen molar-refractivity contribution in [1.82, 2.24) is 5.32 Å². The second kappa shape index (κ2) is 9.49. The van der Waals surface area contributed by atoms with Gasteiger partial charge >= 0.3 is 5.97 Å². The zero-order valence-electron chi connectivity index (χ0n) is 13.9. The predicted octanol–water partition coefficient (Wildman–Crippen LogP) is 4.13. The number of hydrogen-bond acceptors (Lipinski definition) is 3. The van der Waals surface area contributed by atoms with Crippen molar-refractivity contribution in [1.29, 1.82) is 0 Å². The van der Waals surface area contributed by atoms with Crippen LogP contribution in [0.15, 0.2) is 53.4 Å². The van der Waals surface area contributed by atoms with Crippen molar-refractivity contribution in [2.24, 2.45) is 5.92 Å². The summed E-state index contributed by atoms with van der Waals surface area (Å²) in [6, 6.07) is 14.5. The van der Waals surface area contributed by atoms with Crippen molar-refractivity contribution < 1.29 is 14.7 Å². The number of benzene rings is 2. The standard InChI is InChI=1S/C19H20ClNO3S/c1-2-25-17-11-15(20)8-9-16(17)18(22)21-12-14(19(23)24)10-13-6-4-3-5-7-13/h3-9,11,14H,2,10,12H2,1H3,(H,21,22)(H,23,24). The number of nitrogens with one attached hydrogen (secondary N) is 1. The van der Waals surface area contributed by atoms with E-state index in [0.717, 1.165) is 16.2 Å². The van der Waals surface area contributed by atoms with Crippen molar-refractivity contribution in [2.45, 2.75) is 18.2 Å². The number of halogens is 1. The highest BCUT2D eigenvalue weighted by Crippen LogP contribution is 2.26. The number of thioether (sulfide) groups is 1. The number of rotatable bonds is 8. The minimum absolute atomic E-state index is 0.0713. The van der Waals surface area contributed by atoms with Crippen molar-refractivity contribution in [2.75, 3.05) is 12.3 Å². The largest absolute Gasteiger partial charge is 0.481 e. The summed E-state index contributed by atoms with van der Waals surface area (Å²) in [5.74, 6) is -1.08. The Labute approximate surface area is 156 Å². The van der Waals surface area contributed by atoms with Gasteiger partial charge in [-0.15, -0.1) is 11.8 Å². The fraction of sp³-hybridized carbons (Fsp3) is 0.263. The summed E-state index contributed by atoms with van der Waals surface area (Å²) in [6.07, 6.45) is 0.369. The molecule has 2 N–H and O–H groups in total. The first kappa shape index (κ1) is 19.3. The molecule has 6 heteroatoms. The van der Waals surface area contributed by atoms with Crippen molar-refractivity contribution in [3.8, 4) is 0 Å². The molecule has 2 aromatic carbocycles. The first-order chi connectivity index (χ1) is 12.0. The summed E-state index contributed by atoms with van der Waals surface area (Å²) in [7, 11) is 0. The van der Waals surface area contributed by atoms with Crippen LogP contribution in [0.4, 0.5) is 0 Å². The van der Waals surface area contributed by atoms with Gasteiger partial charge in [-0.05, 0) is 35.9 Å². The highest BCUT2D eigenvalue weighted by Gasteiger charge is 2.20. The second-order valence-corrected chi connectivity index (χ2v) is 7.25. The average molecular weight is 378 g/mol. The Morgan fingerprint density at radius 2 is 1.92 bits per heavy atom. The average Bonchev–Trinajstić information content (AvgIpc) is 2.59. The molecule has 0 radical (unpaired) electrons. The van der Waals surface area contributed by atoms with Crippen LogP contribution in [0.3, 0.4) is 0 Å². The number of carboxylic acid groups (broad SMARTS) is 1. The summed E-state index contributed by atoms with van der Waals surface area (Å²) in [5, 5.41) is 12.7. The first-order valence-electron chi connectivity index (χ1n) is 7.98. The maximum atomic E-state index is 12.5. The van der Waals surface area contributed by atoms with Gasteiger partial charge in [0.1, 0.15) is 0 Å². The number of carboxylic acids is 1.